The SMILES string of the molecule is COc1ccc(C(=O)Nc2ccn([C@@H]3O[C@H](COP(=O)(O)Oc4ccccc4Cl)[C@@H](OP(=O)(OCCC#N)Oc4ccccc4Cl)[C@H]3OC3CCCCO3)c(=O)n2)cc1. The van der Waals surface area contributed by atoms with E-state index in [1.807, 2.05) is 6.07 Å². The van der Waals surface area contributed by atoms with E-state index in [4.69, 9.17) is 64.8 Å². The largest absolute Gasteiger partial charge is 0.530 e. The van der Waals surface area contributed by atoms with E-state index in [0.717, 1.165) is 11.0 Å². The Morgan fingerprint density at radius 3 is 2.31 bits per heavy atom. The van der Waals surface area contributed by atoms with Crippen molar-refractivity contribution in [3.8, 4) is 23.3 Å². The molecule has 4 aromatic rings. The fourth-order valence-corrected chi connectivity index (χ4v) is 8.52. The highest BCUT2D eigenvalue weighted by atomic mass is 35.5. The van der Waals surface area contributed by atoms with Crippen LogP contribution in [0.1, 0.15) is 42.3 Å². The molecule has 6 rings (SSSR count). The van der Waals surface area contributed by atoms with Gasteiger partial charge < -0.3 is 33.3 Å². The third-order valence-electron chi connectivity index (χ3n) is 8.64. The van der Waals surface area contributed by atoms with Crippen molar-refractivity contribution in [2.45, 2.75) is 56.5 Å². The molecule has 3 unspecified atom stereocenters. The molecule has 3 aromatic carbocycles. The minimum atomic E-state index is -4.96. The number of phosphoric acid groups is 2. The molecule has 2 saturated heterocycles. The van der Waals surface area contributed by atoms with Gasteiger partial charge in [0.2, 0.25) is 0 Å². The summed E-state index contributed by atoms with van der Waals surface area (Å²) in [6.45, 7) is -0.880. The Bertz CT molecular complexity index is 2270. The van der Waals surface area contributed by atoms with Gasteiger partial charge in [0.1, 0.15) is 41.4 Å². The summed E-state index contributed by atoms with van der Waals surface area (Å²) in [5.74, 6) is -0.391. The molecular formula is C37H38Cl2N4O14P2. The van der Waals surface area contributed by atoms with Crippen molar-refractivity contribution in [2.24, 2.45) is 0 Å². The molecule has 18 nitrogen and oxygen atoms in total. The van der Waals surface area contributed by atoms with Crippen molar-refractivity contribution in [3.05, 3.63) is 111 Å². The smallest absolute Gasteiger partial charge is 0.497 e. The van der Waals surface area contributed by atoms with Gasteiger partial charge in [-0.3, -0.25) is 27.8 Å². The highest BCUT2D eigenvalue weighted by Gasteiger charge is 2.53. The first kappa shape index (κ1) is 44.2. The zero-order valence-electron chi connectivity index (χ0n) is 31.2. The van der Waals surface area contributed by atoms with Crippen LogP contribution in [0.2, 0.25) is 10.0 Å². The second-order valence-electron chi connectivity index (χ2n) is 12.7. The van der Waals surface area contributed by atoms with E-state index in [0.29, 0.717) is 25.2 Å². The van der Waals surface area contributed by atoms with Gasteiger partial charge >= 0.3 is 21.3 Å². The number of anilines is 1. The van der Waals surface area contributed by atoms with E-state index >= 15 is 0 Å². The lowest BCUT2D eigenvalue weighted by Gasteiger charge is -2.32. The van der Waals surface area contributed by atoms with E-state index in [1.54, 1.807) is 30.3 Å². The third kappa shape index (κ3) is 11.9. The number of nitrogens with zero attached hydrogens (tertiary/aromatic N) is 3. The summed E-state index contributed by atoms with van der Waals surface area (Å²) < 4.78 is 80.5. The molecule has 0 bridgehead atoms. The molecule has 2 fully saturated rings. The lowest BCUT2D eigenvalue weighted by atomic mass is 10.1. The second kappa shape index (κ2) is 20.3. The number of phosphoric ester groups is 2. The highest BCUT2D eigenvalue weighted by Crippen LogP contribution is 2.55. The quantitative estimate of drug-likeness (QED) is 0.0737. The van der Waals surface area contributed by atoms with Crippen LogP contribution in [0, 0.1) is 11.3 Å². The maximum absolute atomic E-state index is 14.5. The van der Waals surface area contributed by atoms with Crippen molar-refractivity contribution < 1.29 is 60.4 Å². The molecule has 7 atom stereocenters. The molecular weight excluding hydrogens is 857 g/mol. The molecule has 3 heterocycles. The first-order valence-electron chi connectivity index (χ1n) is 18.0. The van der Waals surface area contributed by atoms with Gasteiger partial charge in [0.25, 0.3) is 5.91 Å². The van der Waals surface area contributed by atoms with E-state index in [-0.39, 0.29) is 39.3 Å². The van der Waals surface area contributed by atoms with Gasteiger partial charge in [-0.15, -0.1) is 0 Å². The molecule has 0 aliphatic carbocycles. The lowest BCUT2D eigenvalue weighted by Crippen LogP contribution is -2.43. The fraction of sp³-hybridized carbons (Fsp3) is 0.351. The Balaban J connectivity index is 1.35. The Morgan fingerprint density at radius 1 is 0.983 bits per heavy atom. The average molecular weight is 896 g/mol. The predicted molar refractivity (Wildman–Crippen MR) is 210 cm³/mol. The molecule has 2 N–H and O–H groups in total. The first-order chi connectivity index (χ1) is 28.4. The molecule has 2 aliphatic rings. The number of methoxy groups -OCH3 is 1. The maximum Gasteiger partial charge on any atom is 0.530 e. The predicted octanol–water partition coefficient (Wildman–Crippen LogP) is 7.32. The molecule has 1 amide bonds. The summed E-state index contributed by atoms with van der Waals surface area (Å²) in [5, 5.41) is 11.8. The molecule has 314 valence electrons. The van der Waals surface area contributed by atoms with Gasteiger partial charge in [-0.1, -0.05) is 47.5 Å². The molecule has 59 heavy (non-hydrogen) atoms. The second-order valence-corrected chi connectivity index (χ2v) is 16.5. The van der Waals surface area contributed by atoms with E-state index in [2.05, 4.69) is 10.3 Å². The van der Waals surface area contributed by atoms with Gasteiger partial charge in [-0.05, 0) is 73.9 Å². The number of hydrogen-bond donors (Lipinski definition) is 2. The minimum absolute atomic E-state index is 0.0207. The summed E-state index contributed by atoms with van der Waals surface area (Å²) >= 11 is 12.5. The molecule has 1 aromatic heterocycles. The van der Waals surface area contributed by atoms with Crippen molar-refractivity contribution in [3.63, 3.8) is 0 Å². The Hall–Kier alpha value is -4.34. The van der Waals surface area contributed by atoms with Gasteiger partial charge in [-0.2, -0.15) is 10.2 Å². The van der Waals surface area contributed by atoms with Crippen LogP contribution in [-0.4, -0.2) is 71.9 Å². The van der Waals surface area contributed by atoms with Crippen LogP contribution in [0.4, 0.5) is 5.82 Å². The van der Waals surface area contributed by atoms with Crippen LogP contribution >= 0.6 is 38.8 Å². The summed E-state index contributed by atoms with van der Waals surface area (Å²) in [4.78, 5) is 41.5. The maximum atomic E-state index is 14.5. The normalized spacial score (nSPS) is 22.3. The number of rotatable bonds is 18. The van der Waals surface area contributed by atoms with Crippen LogP contribution in [0.15, 0.2) is 89.9 Å². The molecule has 2 aliphatic heterocycles. The summed E-state index contributed by atoms with van der Waals surface area (Å²) in [6.07, 6.45) is -3.95. The van der Waals surface area contributed by atoms with Crippen LogP contribution < -0.4 is 24.8 Å². The first-order valence-corrected chi connectivity index (χ1v) is 21.7. The standard InChI is InChI=1S/C37H38Cl2N4O14P2/c1-49-25-16-14-24(15-17-25)35(44)41-31-18-20-43(37(45)42-31)36-34(54-32-13-6-7-21-50-32)33(30(53-36)23-52-58(46,47)55-28-11-4-2-9-26(28)38)57-59(48,51-22-8-19-40)56-29-12-5-3-10-27(29)39/h2-5,9-12,14-18,20,30,32-34,36H,6-8,13,21-23H2,1H3,(H,46,47)(H,41,42,44,45)/t30-,32?,33-,34-,36-,59?/m1/s1. The topological polar surface area (TPSA) is 225 Å². The van der Waals surface area contributed by atoms with Crippen LogP contribution in [-0.2, 0) is 36.9 Å². The number of amides is 1. The van der Waals surface area contributed by atoms with Gasteiger partial charge in [0.05, 0.1) is 42.9 Å². The number of ether oxygens (including phenoxy) is 4. The van der Waals surface area contributed by atoms with E-state index < -0.39 is 71.3 Å². The summed E-state index contributed by atoms with van der Waals surface area (Å²) in [6, 6.07) is 21.4. The highest BCUT2D eigenvalue weighted by molar-refractivity contribution is 7.49. The number of benzene rings is 3. The number of nitrogens with one attached hydrogen (secondary N) is 1. The Morgan fingerprint density at radius 2 is 1.68 bits per heavy atom. The molecule has 0 radical (unpaired) electrons. The van der Waals surface area contributed by atoms with Gasteiger partial charge in [-0.25, -0.2) is 13.9 Å². The number of para-hydroxylation sites is 2. The average Bonchev–Trinajstić information content (AvgIpc) is 3.54. The monoisotopic (exact) mass is 894 g/mol. The van der Waals surface area contributed by atoms with Gasteiger partial charge in [0, 0.05) is 18.4 Å². The lowest BCUT2D eigenvalue weighted by molar-refractivity contribution is -0.214. The summed E-state index contributed by atoms with van der Waals surface area (Å²) in [7, 11) is -8.29. The van der Waals surface area contributed by atoms with E-state index in [9.17, 15) is 28.9 Å². The molecule has 0 saturated carbocycles. The molecule has 22 heteroatoms. The van der Waals surface area contributed by atoms with Crippen molar-refractivity contribution >= 4 is 50.6 Å². The number of carbonyl (C=O) groups is 1. The Labute approximate surface area is 348 Å². The van der Waals surface area contributed by atoms with Crippen molar-refractivity contribution in [1.82, 2.24) is 9.55 Å². The van der Waals surface area contributed by atoms with Gasteiger partial charge in [0.15, 0.2) is 12.5 Å². The van der Waals surface area contributed by atoms with Crippen molar-refractivity contribution in [2.75, 3.05) is 32.2 Å². The minimum Gasteiger partial charge on any atom is -0.497 e. The number of carbonyl (C=O) groups excluding carboxylic acids is 1. The number of hydrogen-bond acceptors (Lipinski definition) is 15. The van der Waals surface area contributed by atoms with Crippen LogP contribution in [0.3, 0.4) is 0 Å². The zero-order chi connectivity index (χ0) is 42.0. The third-order valence-corrected chi connectivity index (χ3v) is 11.6. The number of aromatic nitrogens is 2. The van der Waals surface area contributed by atoms with Crippen molar-refractivity contribution in [1.29, 1.82) is 5.26 Å². The zero-order valence-corrected chi connectivity index (χ0v) is 34.5. The van der Waals surface area contributed by atoms with Crippen LogP contribution in [0.25, 0.3) is 0 Å². The number of halogens is 2. The summed E-state index contributed by atoms with van der Waals surface area (Å²) in [5.41, 5.74) is -0.670. The fourth-order valence-electron chi connectivity index (χ4n) is 5.85. The molecule has 0 spiro atoms. The number of nitriles is 1. The van der Waals surface area contributed by atoms with E-state index in [1.165, 1.54) is 61.8 Å². The van der Waals surface area contributed by atoms with Crippen LogP contribution in [0.5, 0.6) is 17.2 Å². The Kier molecular flexibility index (Phi) is 15.2.